The van der Waals surface area contributed by atoms with Gasteiger partial charge in [0.2, 0.25) is 0 Å². The van der Waals surface area contributed by atoms with Crippen molar-refractivity contribution in [3.63, 3.8) is 0 Å². The highest BCUT2D eigenvalue weighted by Gasteiger charge is 2.37. The summed E-state index contributed by atoms with van der Waals surface area (Å²) in [7, 11) is -3.10. The molecule has 0 aromatic heterocycles. The van der Waals surface area contributed by atoms with Crippen molar-refractivity contribution in [3.05, 3.63) is 0 Å². The minimum Gasteiger partial charge on any atom is -0.480 e. The van der Waals surface area contributed by atoms with Crippen LogP contribution in [0.25, 0.3) is 0 Å². The standard InChI is InChI=1S/C8H16O2S2.C6H12O2S2.C3H7F3O3S/c1-11-6-4-3-5-7(12-2)8(9)10;7-6(8)5(10)3-1-2-4-9;1-9-10(7,8)2-3(4,5)6/h7H,3-6H2,1-2H3,(H,9,10);5,9-10H,1-4H2,(H,7,8);7-8H,2H2,1H3. The third-order valence-electron chi connectivity index (χ3n) is 3.41. The number of carbonyl (C=O) groups is 2. The molecule has 0 rings (SSSR count). The Hall–Kier alpha value is 0.360. The normalized spacial score (nSPS) is 13.7. The first-order valence-electron chi connectivity index (χ1n) is 9.31. The van der Waals surface area contributed by atoms with Crippen LogP contribution in [0.2, 0.25) is 0 Å². The van der Waals surface area contributed by atoms with Gasteiger partial charge >= 0.3 is 18.1 Å². The first-order valence-corrected chi connectivity index (χ1v) is 14.8. The number of thioether (sulfide) groups is 2. The number of hydrogen-bond acceptors (Lipinski definition) is 9. The zero-order valence-corrected chi connectivity index (χ0v) is 22.5. The minimum atomic E-state index is -4.60. The van der Waals surface area contributed by atoms with Gasteiger partial charge in [0.15, 0.2) is 0 Å². The fourth-order valence-corrected chi connectivity index (χ4v) is 3.81. The Morgan fingerprint density at radius 2 is 1.56 bits per heavy atom. The first-order chi connectivity index (χ1) is 14.7. The number of rotatable bonds is 14. The molecule has 0 aromatic carbocycles. The largest absolute Gasteiger partial charge is 0.480 e. The van der Waals surface area contributed by atoms with Crippen molar-refractivity contribution in [3.8, 4) is 0 Å². The van der Waals surface area contributed by atoms with Crippen molar-refractivity contribution in [1.82, 2.24) is 0 Å². The summed E-state index contributed by atoms with van der Waals surface area (Å²) in [6, 6.07) is 0. The van der Waals surface area contributed by atoms with Crippen molar-refractivity contribution in [2.24, 2.45) is 0 Å². The molecule has 0 saturated carbocycles. The van der Waals surface area contributed by atoms with Crippen LogP contribution in [0.3, 0.4) is 0 Å². The molecule has 0 bridgehead atoms. The van der Waals surface area contributed by atoms with Gasteiger partial charge in [0.25, 0.3) is 0 Å². The average Bonchev–Trinajstić information content (AvgIpc) is 2.67. The van der Waals surface area contributed by atoms with Crippen LogP contribution < -0.4 is 0 Å². The van der Waals surface area contributed by atoms with Crippen LogP contribution in [-0.2, 0) is 13.8 Å². The van der Waals surface area contributed by atoms with E-state index in [0.717, 1.165) is 50.7 Å². The Morgan fingerprint density at radius 1 is 1.03 bits per heavy atom. The van der Waals surface area contributed by atoms with E-state index >= 15 is 0 Å². The quantitative estimate of drug-likeness (QED) is 0.116. The number of aliphatic carboxylic acids is 2. The molecule has 0 fully saturated rings. The topological polar surface area (TPSA) is 124 Å². The van der Waals surface area contributed by atoms with Gasteiger partial charge in [0, 0.05) is 0 Å². The van der Waals surface area contributed by atoms with Crippen LogP contribution in [-0.4, -0.2) is 84.8 Å². The second-order valence-corrected chi connectivity index (χ2v) is 11.1. The van der Waals surface area contributed by atoms with Crippen molar-refractivity contribution in [1.29, 1.82) is 0 Å². The third-order valence-corrected chi connectivity index (χ3v) is 7.15. The number of carboxylic acids is 2. The Kier molecular flexibility index (Phi) is 25.2. The molecule has 2 atom stereocenters. The third kappa shape index (κ3) is 28.4. The highest BCUT2D eigenvalue weighted by molar-refractivity contribution is 8.20. The van der Waals surface area contributed by atoms with Crippen LogP contribution in [0.5, 0.6) is 0 Å². The predicted molar refractivity (Wildman–Crippen MR) is 136 cm³/mol. The van der Waals surface area contributed by atoms with E-state index in [1.807, 2.05) is 18.0 Å². The lowest BCUT2D eigenvalue weighted by Gasteiger charge is -2.24. The van der Waals surface area contributed by atoms with E-state index in [2.05, 4.69) is 35.7 Å². The molecule has 0 saturated heterocycles. The summed E-state index contributed by atoms with van der Waals surface area (Å²) in [4.78, 5) is 20.8. The Balaban J connectivity index is -0.000000397. The molecule has 196 valence electrons. The summed E-state index contributed by atoms with van der Waals surface area (Å²) in [5.41, 5.74) is 0. The molecule has 0 aromatic rings. The molecule has 0 amide bonds. The van der Waals surface area contributed by atoms with Crippen LogP contribution >= 0.6 is 59.7 Å². The number of carboxylic acid groups (broad SMARTS) is 2. The predicted octanol–water partition coefficient (Wildman–Crippen LogP) is 5.67. The SMILES string of the molecule is COS(O)(O)CC(F)(F)F.CSCCCCC(SC)C(=O)O.O=C(O)C(S)CCCCS. The van der Waals surface area contributed by atoms with Crippen LogP contribution in [0.15, 0.2) is 0 Å². The van der Waals surface area contributed by atoms with Crippen molar-refractivity contribution < 1.29 is 46.3 Å². The van der Waals surface area contributed by atoms with E-state index in [9.17, 15) is 22.8 Å². The van der Waals surface area contributed by atoms with Gasteiger partial charge in [-0.3, -0.25) is 13.8 Å². The fraction of sp³-hybridized carbons (Fsp3) is 0.882. The number of hydrogen-bond donors (Lipinski definition) is 6. The zero-order chi connectivity index (χ0) is 25.8. The molecule has 0 aliphatic heterocycles. The molecular formula is C17H35F3O7S5. The molecule has 0 spiro atoms. The van der Waals surface area contributed by atoms with Gasteiger partial charge in [-0.25, -0.2) is 0 Å². The maximum atomic E-state index is 11.4. The van der Waals surface area contributed by atoms with Crippen molar-refractivity contribution in [2.75, 3.05) is 36.9 Å². The van der Waals surface area contributed by atoms with E-state index in [1.54, 1.807) is 0 Å². The second kappa shape index (κ2) is 21.9. The van der Waals surface area contributed by atoms with E-state index in [4.69, 9.17) is 19.3 Å². The lowest BCUT2D eigenvalue weighted by Crippen LogP contribution is -2.20. The molecule has 15 heteroatoms. The summed E-state index contributed by atoms with van der Waals surface area (Å²) in [5.74, 6) is -1.26. The minimum absolute atomic E-state index is 0.202. The molecule has 4 N–H and O–H groups in total. The summed E-state index contributed by atoms with van der Waals surface area (Å²) in [5, 5.41) is 16.4. The molecule has 2 unspecified atom stereocenters. The summed E-state index contributed by atoms with van der Waals surface area (Å²) < 4.78 is 54.6. The summed E-state index contributed by atoms with van der Waals surface area (Å²) >= 11 is 11.1. The van der Waals surface area contributed by atoms with Crippen LogP contribution in [0.1, 0.15) is 38.5 Å². The van der Waals surface area contributed by atoms with E-state index in [1.165, 1.54) is 11.8 Å². The van der Waals surface area contributed by atoms with Gasteiger partial charge in [0.05, 0.1) is 23.2 Å². The smallest absolute Gasteiger partial charge is 0.402 e. The monoisotopic (exact) mass is 568 g/mol. The summed E-state index contributed by atoms with van der Waals surface area (Å²) in [6.07, 6.45) is 4.78. The number of unbranched alkanes of at least 4 members (excludes halogenated alkanes) is 2. The van der Waals surface area contributed by atoms with Crippen molar-refractivity contribution in [2.45, 2.75) is 55.2 Å². The van der Waals surface area contributed by atoms with Crippen molar-refractivity contribution >= 4 is 71.6 Å². The molecular weight excluding hydrogens is 534 g/mol. The van der Waals surface area contributed by atoms with Gasteiger partial charge in [-0.05, 0) is 49.7 Å². The lowest BCUT2D eigenvalue weighted by molar-refractivity contribution is -0.137. The maximum Gasteiger partial charge on any atom is 0.402 e. The number of halogens is 3. The molecule has 0 aliphatic rings. The molecule has 0 heterocycles. The summed E-state index contributed by atoms with van der Waals surface area (Å²) in [6.45, 7) is 0. The van der Waals surface area contributed by atoms with Gasteiger partial charge in [0.1, 0.15) is 11.0 Å². The fourth-order valence-electron chi connectivity index (χ4n) is 1.76. The molecule has 32 heavy (non-hydrogen) atoms. The molecule has 0 aliphatic carbocycles. The number of alkyl halides is 3. The van der Waals surface area contributed by atoms with Gasteiger partial charge in [-0.15, -0.1) is 0 Å². The maximum absolute atomic E-state index is 11.4. The Morgan fingerprint density at radius 3 is 1.88 bits per heavy atom. The number of thiol groups is 2. The van der Waals surface area contributed by atoms with Gasteiger partial charge < -0.3 is 19.3 Å². The van der Waals surface area contributed by atoms with Gasteiger partial charge in [-0.1, -0.05) is 12.8 Å². The Labute approximate surface area is 209 Å². The molecule has 7 nitrogen and oxygen atoms in total. The Bertz CT molecular complexity index is 486. The van der Waals surface area contributed by atoms with E-state index in [0.29, 0.717) is 6.42 Å². The zero-order valence-electron chi connectivity index (χ0n) is 18.3. The van der Waals surface area contributed by atoms with E-state index < -0.39 is 40.0 Å². The molecule has 0 radical (unpaired) electrons. The first kappa shape index (κ1) is 36.9. The van der Waals surface area contributed by atoms with Crippen LogP contribution in [0.4, 0.5) is 13.2 Å². The highest BCUT2D eigenvalue weighted by atomic mass is 32.3. The second-order valence-electron chi connectivity index (χ2n) is 6.16. The lowest BCUT2D eigenvalue weighted by atomic mass is 10.2. The van der Waals surface area contributed by atoms with E-state index in [-0.39, 0.29) is 5.25 Å². The highest BCUT2D eigenvalue weighted by Crippen LogP contribution is 2.43. The average molecular weight is 569 g/mol. The van der Waals surface area contributed by atoms with Gasteiger partial charge in [-0.2, -0.15) is 62.0 Å². The van der Waals surface area contributed by atoms with Crippen LogP contribution in [0, 0.1) is 0 Å².